The van der Waals surface area contributed by atoms with Crippen molar-refractivity contribution in [2.24, 2.45) is 0 Å². The molecule has 0 saturated heterocycles. The number of alkyl halides is 3. The van der Waals surface area contributed by atoms with E-state index in [1.807, 2.05) is 36.4 Å². The van der Waals surface area contributed by atoms with Crippen LogP contribution in [-0.4, -0.2) is 79.3 Å². The SMILES string of the molecule is C[C@H]1COc2ccc3c(ccn3S(=O)(=O)c3ccccc3)c2CN1.C[C@H]1COc2ccc3c(ccn3S(=O)(=O)c3ccccc3)c2CN1C.O=C(O)C(F)(F)F. The van der Waals surface area contributed by atoms with Crippen LogP contribution in [-0.2, 0) is 37.9 Å². The van der Waals surface area contributed by atoms with Gasteiger partial charge in [-0.3, -0.25) is 4.90 Å². The van der Waals surface area contributed by atoms with Crippen LogP contribution in [0.4, 0.5) is 13.2 Å². The third-order valence-corrected chi connectivity index (χ3v) is 12.8. The van der Waals surface area contributed by atoms with E-state index in [9.17, 15) is 30.0 Å². The lowest BCUT2D eigenvalue weighted by molar-refractivity contribution is -0.192. The van der Waals surface area contributed by atoms with Crippen LogP contribution in [0.3, 0.4) is 0 Å². The summed E-state index contributed by atoms with van der Waals surface area (Å²) in [4.78, 5) is 11.7. The van der Waals surface area contributed by atoms with Gasteiger partial charge < -0.3 is 19.9 Å². The van der Waals surface area contributed by atoms with Gasteiger partial charge in [-0.25, -0.2) is 29.6 Å². The first-order chi connectivity index (χ1) is 26.5. The number of hydrogen-bond acceptors (Lipinski definition) is 9. The standard InChI is InChI=1S/C19H20N2O3S.C18H18N2O3S.C2HF3O2/c1-14-13-24-19-9-8-18-16(17(19)12-20(14)2)10-11-21(18)25(22,23)15-6-4-3-5-7-15;1-13-12-23-18-8-7-17-15(16(18)11-19-13)9-10-20(17)24(21,22)14-5-3-2-4-6-14;3-2(4,5)1(6)7/h3-11,14H,12-13H2,1-2H3;2-10,13,19H,11-12H2,1H3;(H,6,7)/t14-;13-;/m00./s1. The van der Waals surface area contributed by atoms with Gasteiger partial charge in [0.05, 0.1) is 20.8 Å². The molecule has 2 aromatic heterocycles. The number of carboxylic acids is 1. The molecule has 8 rings (SSSR count). The zero-order valence-corrected chi connectivity index (χ0v) is 32.1. The third kappa shape index (κ3) is 8.26. The number of carbonyl (C=O) groups is 1. The second-order valence-electron chi connectivity index (χ2n) is 13.3. The molecular weight excluding hydrogens is 774 g/mol. The number of likely N-dealkylation sites (N-methyl/N-ethyl adjacent to an activating group) is 1. The predicted molar refractivity (Wildman–Crippen MR) is 204 cm³/mol. The topological polar surface area (TPSA) is 149 Å². The van der Waals surface area contributed by atoms with Crippen molar-refractivity contribution < 1.29 is 49.4 Å². The molecule has 4 heterocycles. The van der Waals surface area contributed by atoms with E-state index in [4.69, 9.17) is 19.4 Å². The summed E-state index contributed by atoms with van der Waals surface area (Å²) in [5.41, 5.74) is 3.37. The van der Waals surface area contributed by atoms with Crippen molar-refractivity contribution in [2.75, 3.05) is 20.3 Å². The molecule has 2 aliphatic heterocycles. The number of halogens is 3. The van der Waals surface area contributed by atoms with Crippen LogP contribution in [0.2, 0.25) is 0 Å². The molecule has 0 fully saturated rings. The second kappa shape index (κ2) is 16.0. The largest absolute Gasteiger partial charge is 0.492 e. The number of aliphatic carboxylic acids is 1. The van der Waals surface area contributed by atoms with Crippen molar-refractivity contribution in [3.63, 3.8) is 0 Å². The van der Waals surface area contributed by atoms with Crippen LogP contribution >= 0.6 is 0 Å². The van der Waals surface area contributed by atoms with Gasteiger partial charge in [-0.1, -0.05) is 36.4 Å². The maximum absolute atomic E-state index is 13.0. The van der Waals surface area contributed by atoms with E-state index in [1.165, 1.54) is 7.94 Å². The van der Waals surface area contributed by atoms with E-state index >= 15 is 0 Å². The fourth-order valence-corrected chi connectivity index (χ4v) is 8.94. The molecule has 296 valence electrons. The van der Waals surface area contributed by atoms with Gasteiger partial charge in [0.25, 0.3) is 20.0 Å². The number of carboxylic acid groups (broad SMARTS) is 1. The van der Waals surface area contributed by atoms with Crippen LogP contribution in [0.1, 0.15) is 25.0 Å². The maximum Gasteiger partial charge on any atom is 0.490 e. The Hall–Kier alpha value is -5.36. The Kier molecular flexibility index (Phi) is 11.5. The molecule has 4 aromatic carbocycles. The van der Waals surface area contributed by atoms with Gasteiger partial charge in [-0.15, -0.1) is 0 Å². The maximum atomic E-state index is 13.0. The van der Waals surface area contributed by atoms with Gasteiger partial charge in [0.2, 0.25) is 0 Å². The van der Waals surface area contributed by atoms with Gasteiger partial charge in [0.1, 0.15) is 24.7 Å². The Bertz CT molecular complexity index is 2580. The fourth-order valence-electron chi connectivity index (χ4n) is 6.21. The van der Waals surface area contributed by atoms with E-state index in [1.54, 1.807) is 73.1 Å². The summed E-state index contributed by atoms with van der Waals surface area (Å²) in [7, 11) is -5.18. The third-order valence-electron chi connectivity index (χ3n) is 9.41. The highest BCUT2D eigenvalue weighted by Crippen LogP contribution is 2.35. The molecule has 6 aromatic rings. The Labute approximate surface area is 321 Å². The first-order valence-electron chi connectivity index (χ1n) is 17.4. The van der Waals surface area contributed by atoms with Gasteiger partial charge in [0.15, 0.2) is 0 Å². The highest BCUT2D eigenvalue weighted by Gasteiger charge is 2.38. The Balaban J connectivity index is 0.000000163. The van der Waals surface area contributed by atoms with Gasteiger partial charge in [0, 0.05) is 59.5 Å². The van der Waals surface area contributed by atoms with E-state index < -0.39 is 32.2 Å². The molecule has 0 saturated carbocycles. The quantitative estimate of drug-likeness (QED) is 0.203. The van der Waals surface area contributed by atoms with Crippen LogP contribution in [0.5, 0.6) is 11.5 Å². The van der Waals surface area contributed by atoms with Crippen molar-refractivity contribution in [3.8, 4) is 11.5 Å². The number of rotatable bonds is 4. The van der Waals surface area contributed by atoms with Gasteiger partial charge >= 0.3 is 12.1 Å². The molecule has 12 nitrogen and oxygen atoms in total. The molecule has 0 aliphatic carbocycles. The van der Waals surface area contributed by atoms with Crippen LogP contribution in [0.25, 0.3) is 21.8 Å². The molecule has 2 N–H and O–H groups in total. The van der Waals surface area contributed by atoms with E-state index in [0.29, 0.717) is 36.8 Å². The summed E-state index contributed by atoms with van der Waals surface area (Å²) in [5.74, 6) is -1.11. The van der Waals surface area contributed by atoms with Gasteiger partial charge in [-0.2, -0.15) is 13.2 Å². The Morgan fingerprint density at radius 3 is 1.64 bits per heavy atom. The van der Waals surface area contributed by atoms with Crippen LogP contribution in [0, 0.1) is 0 Å². The average Bonchev–Trinajstić information content (AvgIpc) is 3.74. The fraction of sp³-hybridized carbons (Fsp3) is 0.256. The molecule has 0 bridgehead atoms. The van der Waals surface area contributed by atoms with E-state index in [2.05, 4.69) is 31.1 Å². The first-order valence-corrected chi connectivity index (χ1v) is 20.2. The molecule has 56 heavy (non-hydrogen) atoms. The Morgan fingerprint density at radius 2 is 1.16 bits per heavy atom. The van der Waals surface area contributed by atoms with Crippen molar-refractivity contribution in [3.05, 3.63) is 121 Å². The molecule has 0 unspecified atom stereocenters. The number of benzene rings is 4. The van der Waals surface area contributed by atoms with Crippen molar-refractivity contribution in [2.45, 2.75) is 55.0 Å². The van der Waals surface area contributed by atoms with E-state index in [-0.39, 0.29) is 15.8 Å². The monoisotopic (exact) mass is 812 g/mol. The molecule has 0 spiro atoms. The molecule has 2 atom stereocenters. The summed E-state index contributed by atoms with van der Waals surface area (Å²) in [5, 5.41) is 12.3. The van der Waals surface area contributed by atoms with Gasteiger partial charge in [-0.05, 0) is 81.6 Å². The average molecular weight is 813 g/mol. The predicted octanol–water partition coefficient (Wildman–Crippen LogP) is 6.47. The summed E-state index contributed by atoms with van der Waals surface area (Å²) >= 11 is 0. The highest BCUT2D eigenvalue weighted by atomic mass is 32.2. The van der Waals surface area contributed by atoms with Crippen molar-refractivity contribution >= 4 is 47.8 Å². The van der Waals surface area contributed by atoms with E-state index in [0.717, 1.165) is 39.9 Å². The zero-order valence-electron chi connectivity index (χ0n) is 30.5. The molecule has 0 radical (unpaired) electrons. The number of fused-ring (bicyclic) bond motifs is 6. The minimum Gasteiger partial charge on any atom is -0.492 e. The summed E-state index contributed by atoms with van der Waals surface area (Å²) in [6, 6.07) is 28.6. The Morgan fingerprint density at radius 1 is 0.714 bits per heavy atom. The van der Waals surface area contributed by atoms with Crippen LogP contribution in [0.15, 0.2) is 119 Å². The summed E-state index contributed by atoms with van der Waals surface area (Å²) in [6.07, 6.45) is -1.84. The smallest absolute Gasteiger partial charge is 0.490 e. The number of nitrogens with zero attached hydrogens (tertiary/aromatic N) is 3. The highest BCUT2D eigenvalue weighted by molar-refractivity contribution is 7.90. The first kappa shape index (κ1) is 40.3. The number of nitrogens with one attached hydrogen (secondary N) is 1. The lowest BCUT2D eigenvalue weighted by atomic mass is 10.1. The normalized spacial score (nSPS) is 17.4. The van der Waals surface area contributed by atoms with Crippen molar-refractivity contribution in [1.29, 1.82) is 0 Å². The van der Waals surface area contributed by atoms with Crippen molar-refractivity contribution in [1.82, 2.24) is 18.2 Å². The summed E-state index contributed by atoms with van der Waals surface area (Å²) in [6.45, 7) is 6.79. The number of ether oxygens (including phenoxy) is 2. The minimum absolute atomic E-state index is 0.252. The second-order valence-corrected chi connectivity index (χ2v) is 16.9. The molecular formula is C39H39F3N4O8S2. The zero-order chi connectivity index (χ0) is 40.4. The molecule has 2 aliphatic rings. The minimum atomic E-state index is -5.08. The van der Waals surface area contributed by atoms with Crippen LogP contribution < -0.4 is 14.8 Å². The number of aromatic nitrogens is 2. The molecule has 17 heteroatoms. The summed E-state index contributed by atoms with van der Waals surface area (Å²) < 4.78 is 98.0. The number of hydrogen-bond donors (Lipinski definition) is 2. The lowest BCUT2D eigenvalue weighted by Gasteiger charge is -2.20. The molecule has 0 amide bonds. The lowest BCUT2D eigenvalue weighted by Crippen LogP contribution is -2.31.